The van der Waals surface area contributed by atoms with Crippen molar-refractivity contribution in [1.29, 1.82) is 0 Å². The number of benzene rings is 1. The van der Waals surface area contributed by atoms with Crippen molar-refractivity contribution in [2.24, 2.45) is 0 Å². The van der Waals surface area contributed by atoms with Crippen molar-refractivity contribution >= 4 is 44.7 Å². The average Bonchev–Trinajstić information content (AvgIpc) is 2.77. The topological polar surface area (TPSA) is 66.9 Å². The Morgan fingerprint density at radius 1 is 1.09 bits per heavy atom. The van der Waals surface area contributed by atoms with E-state index >= 15 is 0 Å². The molecule has 6 heteroatoms. The number of thiophene rings is 1. The molecule has 0 unspecified atom stereocenters. The van der Waals surface area contributed by atoms with Gasteiger partial charge in [0.25, 0.3) is 0 Å². The number of aromatic nitrogens is 2. The summed E-state index contributed by atoms with van der Waals surface area (Å²) in [4.78, 5) is 22.0. The van der Waals surface area contributed by atoms with Gasteiger partial charge >= 0.3 is 0 Å². The predicted molar refractivity (Wildman–Crippen MR) is 90.9 cm³/mol. The molecule has 0 aliphatic rings. The minimum absolute atomic E-state index is 0.0809. The summed E-state index contributed by atoms with van der Waals surface area (Å²) in [5, 5.41) is 7.14. The van der Waals surface area contributed by atoms with Gasteiger partial charge in [-0.05, 0) is 43.7 Å². The van der Waals surface area contributed by atoms with Crippen molar-refractivity contribution in [2.45, 2.75) is 20.8 Å². The van der Waals surface area contributed by atoms with Crippen molar-refractivity contribution < 1.29 is 4.79 Å². The second-order valence-corrected chi connectivity index (χ2v) is 6.27. The molecular formula is C16H16N4OS. The van der Waals surface area contributed by atoms with Crippen LogP contribution in [0.25, 0.3) is 10.2 Å². The van der Waals surface area contributed by atoms with Gasteiger partial charge < -0.3 is 10.6 Å². The van der Waals surface area contributed by atoms with Crippen molar-refractivity contribution in [2.75, 3.05) is 10.6 Å². The van der Waals surface area contributed by atoms with Crippen LogP contribution in [-0.2, 0) is 4.79 Å². The van der Waals surface area contributed by atoms with Gasteiger partial charge in [-0.15, -0.1) is 11.3 Å². The zero-order valence-corrected chi connectivity index (χ0v) is 13.4. The Hall–Kier alpha value is -2.47. The first-order valence-corrected chi connectivity index (χ1v) is 7.71. The molecule has 0 bridgehead atoms. The van der Waals surface area contributed by atoms with Crippen LogP contribution in [0.2, 0.25) is 0 Å². The van der Waals surface area contributed by atoms with Crippen LogP contribution >= 0.6 is 11.3 Å². The lowest BCUT2D eigenvalue weighted by Gasteiger charge is -2.08. The molecule has 0 atom stereocenters. The number of aryl methyl sites for hydroxylation is 2. The zero-order valence-electron chi connectivity index (χ0n) is 12.6. The fourth-order valence-corrected chi connectivity index (χ4v) is 3.25. The zero-order chi connectivity index (χ0) is 15.7. The van der Waals surface area contributed by atoms with E-state index in [1.165, 1.54) is 17.4 Å². The van der Waals surface area contributed by atoms with E-state index in [0.29, 0.717) is 0 Å². The number of carbonyl (C=O) groups excluding carboxylic acids is 1. The molecule has 0 saturated carbocycles. The number of carbonyl (C=O) groups is 1. The van der Waals surface area contributed by atoms with Crippen LogP contribution < -0.4 is 10.6 Å². The third kappa shape index (κ3) is 2.78. The number of anilines is 3. The molecule has 1 aromatic carbocycles. The SMILES string of the molecule is CC(=O)Nc1ccc(Nc2ncnc3sc(C)c(C)c23)cc1. The number of rotatable bonds is 3. The van der Waals surface area contributed by atoms with Crippen molar-refractivity contribution in [1.82, 2.24) is 9.97 Å². The largest absolute Gasteiger partial charge is 0.340 e. The molecule has 5 nitrogen and oxygen atoms in total. The summed E-state index contributed by atoms with van der Waals surface area (Å²) in [5.41, 5.74) is 2.89. The van der Waals surface area contributed by atoms with Crippen LogP contribution in [0, 0.1) is 13.8 Å². The number of nitrogens with zero attached hydrogens (tertiary/aromatic N) is 2. The monoisotopic (exact) mass is 312 g/mol. The maximum absolute atomic E-state index is 11.0. The first kappa shape index (κ1) is 14.5. The summed E-state index contributed by atoms with van der Waals surface area (Å²) >= 11 is 1.67. The van der Waals surface area contributed by atoms with E-state index in [9.17, 15) is 4.79 Å². The molecule has 2 heterocycles. The van der Waals surface area contributed by atoms with Crippen LogP contribution in [0.15, 0.2) is 30.6 Å². The summed E-state index contributed by atoms with van der Waals surface area (Å²) in [6, 6.07) is 7.53. The van der Waals surface area contributed by atoms with E-state index in [0.717, 1.165) is 27.4 Å². The molecule has 2 N–H and O–H groups in total. The number of amides is 1. The fourth-order valence-electron chi connectivity index (χ4n) is 2.25. The minimum atomic E-state index is -0.0809. The summed E-state index contributed by atoms with van der Waals surface area (Å²) in [7, 11) is 0. The summed E-state index contributed by atoms with van der Waals surface area (Å²) < 4.78 is 0. The number of hydrogen-bond acceptors (Lipinski definition) is 5. The van der Waals surface area contributed by atoms with Gasteiger partial charge in [-0.25, -0.2) is 9.97 Å². The molecule has 3 aromatic rings. The molecule has 0 saturated heterocycles. The highest BCUT2D eigenvalue weighted by molar-refractivity contribution is 7.18. The number of fused-ring (bicyclic) bond motifs is 1. The molecule has 0 spiro atoms. The Labute approximate surface area is 132 Å². The molecular weight excluding hydrogens is 296 g/mol. The Bertz CT molecular complexity index is 839. The van der Waals surface area contributed by atoms with Crippen molar-refractivity contribution in [3.05, 3.63) is 41.0 Å². The lowest BCUT2D eigenvalue weighted by Crippen LogP contribution is -2.05. The first-order valence-electron chi connectivity index (χ1n) is 6.90. The first-order chi connectivity index (χ1) is 10.5. The standard InChI is InChI=1S/C16H16N4OS/c1-9-10(2)22-16-14(9)15(17-8-18-16)20-13-6-4-12(5-7-13)19-11(3)21/h4-8H,1-3H3,(H,19,21)(H,17,18,20). The molecule has 1 amide bonds. The highest BCUT2D eigenvalue weighted by Crippen LogP contribution is 2.33. The van der Waals surface area contributed by atoms with E-state index < -0.39 is 0 Å². The summed E-state index contributed by atoms with van der Waals surface area (Å²) in [5.74, 6) is 0.724. The van der Waals surface area contributed by atoms with Gasteiger partial charge in [0.15, 0.2) is 0 Å². The normalized spacial score (nSPS) is 10.7. The number of hydrogen-bond donors (Lipinski definition) is 2. The van der Waals surface area contributed by atoms with Crippen LogP contribution in [-0.4, -0.2) is 15.9 Å². The molecule has 0 aliphatic carbocycles. The van der Waals surface area contributed by atoms with E-state index in [-0.39, 0.29) is 5.91 Å². The minimum Gasteiger partial charge on any atom is -0.340 e. The molecule has 0 aliphatic heterocycles. The highest BCUT2D eigenvalue weighted by Gasteiger charge is 2.11. The Morgan fingerprint density at radius 2 is 1.77 bits per heavy atom. The third-order valence-electron chi connectivity index (χ3n) is 3.43. The maximum atomic E-state index is 11.0. The van der Waals surface area contributed by atoms with Gasteiger partial charge in [0.05, 0.1) is 5.39 Å². The van der Waals surface area contributed by atoms with Crippen LogP contribution in [0.3, 0.4) is 0 Å². The van der Waals surface area contributed by atoms with E-state index in [2.05, 4.69) is 34.4 Å². The Balaban J connectivity index is 1.91. The fraction of sp³-hybridized carbons (Fsp3) is 0.188. The summed E-state index contributed by atoms with van der Waals surface area (Å²) in [6.07, 6.45) is 1.58. The molecule has 3 rings (SSSR count). The quantitative estimate of drug-likeness (QED) is 0.767. The van der Waals surface area contributed by atoms with Crippen molar-refractivity contribution in [3.8, 4) is 0 Å². The third-order valence-corrected chi connectivity index (χ3v) is 4.55. The highest BCUT2D eigenvalue weighted by atomic mass is 32.1. The lowest BCUT2D eigenvalue weighted by molar-refractivity contribution is -0.114. The van der Waals surface area contributed by atoms with Gasteiger partial charge in [0.1, 0.15) is 17.0 Å². The predicted octanol–water partition coefficient (Wildman–Crippen LogP) is 4.01. The molecule has 2 aromatic heterocycles. The molecule has 0 fully saturated rings. The molecule has 22 heavy (non-hydrogen) atoms. The van der Waals surface area contributed by atoms with E-state index in [1.54, 1.807) is 17.7 Å². The Morgan fingerprint density at radius 3 is 2.45 bits per heavy atom. The smallest absolute Gasteiger partial charge is 0.221 e. The van der Waals surface area contributed by atoms with Crippen LogP contribution in [0.4, 0.5) is 17.2 Å². The second-order valence-electron chi connectivity index (χ2n) is 5.07. The van der Waals surface area contributed by atoms with Gasteiger partial charge in [-0.1, -0.05) is 0 Å². The van der Waals surface area contributed by atoms with Crippen molar-refractivity contribution in [3.63, 3.8) is 0 Å². The van der Waals surface area contributed by atoms with Crippen LogP contribution in [0.1, 0.15) is 17.4 Å². The summed E-state index contributed by atoms with van der Waals surface area (Å²) in [6.45, 7) is 5.67. The number of nitrogens with one attached hydrogen (secondary N) is 2. The maximum Gasteiger partial charge on any atom is 0.221 e. The van der Waals surface area contributed by atoms with Gasteiger partial charge in [0.2, 0.25) is 5.91 Å². The van der Waals surface area contributed by atoms with E-state index in [1.807, 2.05) is 24.3 Å². The average molecular weight is 312 g/mol. The second kappa shape index (κ2) is 5.73. The van der Waals surface area contributed by atoms with Gasteiger partial charge in [0, 0.05) is 23.2 Å². The lowest BCUT2D eigenvalue weighted by atomic mass is 10.2. The molecule has 0 radical (unpaired) electrons. The van der Waals surface area contributed by atoms with Gasteiger partial charge in [-0.3, -0.25) is 4.79 Å². The van der Waals surface area contributed by atoms with E-state index in [4.69, 9.17) is 0 Å². The van der Waals surface area contributed by atoms with Crippen LogP contribution in [0.5, 0.6) is 0 Å². The Kier molecular flexibility index (Phi) is 3.77. The molecule has 112 valence electrons. The van der Waals surface area contributed by atoms with Gasteiger partial charge in [-0.2, -0.15) is 0 Å².